The zero-order valence-electron chi connectivity index (χ0n) is 14.5. The van der Waals surface area contributed by atoms with Crippen LogP contribution in [0.4, 0.5) is 11.4 Å². The van der Waals surface area contributed by atoms with Crippen LogP contribution in [0.25, 0.3) is 0 Å². The van der Waals surface area contributed by atoms with Crippen molar-refractivity contribution in [2.45, 2.75) is 24.2 Å². The molecule has 1 amide bonds. The summed E-state index contributed by atoms with van der Waals surface area (Å²) in [4.78, 5) is 22.7. The molecule has 8 nitrogen and oxygen atoms in total. The van der Waals surface area contributed by atoms with Crippen LogP contribution in [0, 0.1) is 10.1 Å². The molecule has 0 bridgehead atoms. The number of sulfonamides is 1. The monoisotopic (exact) mass is 389 g/mol. The second-order valence-electron chi connectivity index (χ2n) is 6.22. The minimum Gasteiger partial charge on any atom is -0.321 e. The summed E-state index contributed by atoms with van der Waals surface area (Å²) in [5, 5.41) is 13.3. The van der Waals surface area contributed by atoms with E-state index >= 15 is 0 Å². The lowest BCUT2D eigenvalue weighted by atomic mass is 10.2. The van der Waals surface area contributed by atoms with Crippen LogP contribution in [0.3, 0.4) is 0 Å². The van der Waals surface area contributed by atoms with Gasteiger partial charge in [-0.3, -0.25) is 14.9 Å². The van der Waals surface area contributed by atoms with Crippen molar-refractivity contribution in [3.63, 3.8) is 0 Å². The molecule has 1 fully saturated rings. The second kappa shape index (κ2) is 7.85. The summed E-state index contributed by atoms with van der Waals surface area (Å²) in [6.07, 6.45) is 2.64. The standard InChI is InChI=1S/C18H19N3O5S/c22-18(14-8-10-15(11-9-14)21(23)24)19-16-6-2-3-7-17(16)27(25,26)20-12-4-1-5-13-20/h2-3,6-11H,1,4-5,12-13H2,(H,19,22). The van der Waals surface area contributed by atoms with Gasteiger partial charge in [-0.1, -0.05) is 18.6 Å². The fourth-order valence-electron chi connectivity index (χ4n) is 2.97. The Morgan fingerprint density at radius 3 is 2.26 bits per heavy atom. The van der Waals surface area contributed by atoms with Crippen LogP contribution in [0.1, 0.15) is 29.6 Å². The Hall–Kier alpha value is -2.78. The van der Waals surface area contributed by atoms with Crippen LogP contribution >= 0.6 is 0 Å². The highest BCUT2D eigenvalue weighted by Crippen LogP contribution is 2.27. The van der Waals surface area contributed by atoms with Crippen LogP contribution in [0.5, 0.6) is 0 Å². The van der Waals surface area contributed by atoms with Crippen LogP contribution in [0.15, 0.2) is 53.4 Å². The summed E-state index contributed by atoms with van der Waals surface area (Å²) < 4.78 is 27.3. The van der Waals surface area contributed by atoms with E-state index in [0.29, 0.717) is 13.1 Å². The molecule has 2 aromatic rings. The number of amides is 1. The first-order chi connectivity index (χ1) is 12.9. The van der Waals surface area contributed by atoms with E-state index in [2.05, 4.69) is 5.32 Å². The number of piperidine rings is 1. The molecule has 1 saturated heterocycles. The lowest BCUT2D eigenvalue weighted by Crippen LogP contribution is -2.36. The van der Waals surface area contributed by atoms with Gasteiger partial charge in [0.05, 0.1) is 10.6 Å². The number of hydrogen-bond donors (Lipinski definition) is 1. The highest BCUT2D eigenvalue weighted by atomic mass is 32.2. The number of hydrogen-bond acceptors (Lipinski definition) is 5. The molecule has 3 rings (SSSR count). The normalized spacial score (nSPS) is 15.3. The average Bonchev–Trinajstić information content (AvgIpc) is 2.69. The third-order valence-electron chi connectivity index (χ3n) is 4.41. The van der Waals surface area contributed by atoms with Gasteiger partial charge in [-0.2, -0.15) is 4.31 Å². The zero-order chi connectivity index (χ0) is 19.4. The van der Waals surface area contributed by atoms with Crippen molar-refractivity contribution in [3.05, 3.63) is 64.2 Å². The van der Waals surface area contributed by atoms with Crippen molar-refractivity contribution in [2.24, 2.45) is 0 Å². The molecule has 142 valence electrons. The van der Waals surface area contributed by atoms with Crippen molar-refractivity contribution >= 4 is 27.3 Å². The minimum absolute atomic E-state index is 0.0437. The lowest BCUT2D eigenvalue weighted by molar-refractivity contribution is -0.384. The summed E-state index contributed by atoms with van der Waals surface area (Å²) >= 11 is 0. The number of rotatable bonds is 5. The maximum absolute atomic E-state index is 12.9. The SMILES string of the molecule is O=C(Nc1ccccc1S(=O)(=O)N1CCCCC1)c1ccc([N+](=O)[O-])cc1. The van der Waals surface area contributed by atoms with Crippen molar-refractivity contribution in [1.82, 2.24) is 4.31 Å². The maximum Gasteiger partial charge on any atom is 0.269 e. The summed E-state index contributed by atoms with van der Waals surface area (Å²) in [6, 6.07) is 11.4. The molecule has 0 saturated carbocycles. The minimum atomic E-state index is -3.71. The van der Waals surface area contributed by atoms with E-state index in [4.69, 9.17) is 0 Å². The summed E-state index contributed by atoms with van der Waals surface area (Å²) in [7, 11) is -3.71. The van der Waals surface area contributed by atoms with Crippen molar-refractivity contribution in [1.29, 1.82) is 0 Å². The van der Waals surface area contributed by atoms with E-state index in [1.165, 1.54) is 40.7 Å². The number of carbonyl (C=O) groups is 1. The summed E-state index contributed by atoms with van der Waals surface area (Å²) in [6.45, 7) is 0.930. The molecular weight excluding hydrogens is 370 g/mol. The van der Waals surface area contributed by atoms with Gasteiger partial charge >= 0.3 is 0 Å². The topological polar surface area (TPSA) is 110 Å². The van der Waals surface area contributed by atoms with Crippen molar-refractivity contribution in [2.75, 3.05) is 18.4 Å². The molecule has 1 heterocycles. The number of nitro groups is 1. The Bertz CT molecular complexity index is 951. The van der Waals surface area contributed by atoms with E-state index in [-0.39, 0.29) is 21.8 Å². The van der Waals surface area contributed by atoms with Crippen LogP contribution in [-0.2, 0) is 10.0 Å². The van der Waals surface area contributed by atoms with Gasteiger partial charge in [0.25, 0.3) is 11.6 Å². The fourth-order valence-corrected chi connectivity index (χ4v) is 4.63. The van der Waals surface area contributed by atoms with E-state index in [1.807, 2.05) is 0 Å². The first kappa shape index (κ1) is 19.0. The first-order valence-corrected chi connectivity index (χ1v) is 9.98. The molecule has 0 atom stereocenters. The van der Waals surface area contributed by atoms with Gasteiger partial charge in [0, 0.05) is 30.8 Å². The summed E-state index contributed by atoms with van der Waals surface area (Å²) in [5.74, 6) is -0.536. The molecular formula is C18H19N3O5S. The van der Waals surface area contributed by atoms with Gasteiger partial charge in [0.1, 0.15) is 4.90 Å². The van der Waals surface area contributed by atoms with Crippen LogP contribution in [-0.4, -0.2) is 36.6 Å². The fraction of sp³-hybridized carbons (Fsp3) is 0.278. The number of benzene rings is 2. The Morgan fingerprint density at radius 1 is 1.00 bits per heavy atom. The van der Waals surface area contributed by atoms with E-state index in [1.54, 1.807) is 12.1 Å². The van der Waals surface area contributed by atoms with E-state index in [0.717, 1.165) is 19.3 Å². The first-order valence-electron chi connectivity index (χ1n) is 8.54. The van der Waals surface area contributed by atoms with Gasteiger partial charge in [-0.05, 0) is 37.1 Å². The van der Waals surface area contributed by atoms with Gasteiger partial charge < -0.3 is 5.32 Å². The van der Waals surface area contributed by atoms with E-state index < -0.39 is 20.9 Å². The van der Waals surface area contributed by atoms with E-state index in [9.17, 15) is 23.3 Å². The number of carbonyl (C=O) groups excluding carboxylic acids is 1. The quantitative estimate of drug-likeness (QED) is 0.624. The average molecular weight is 389 g/mol. The van der Waals surface area contributed by atoms with Gasteiger partial charge in [0.2, 0.25) is 10.0 Å². The number of non-ortho nitro benzene ring substituents is 1. The number of nitrogens with one attached hydrogen (secondary N) is 1. The molecule has 0 aromatic heterocycles. The van der Waals surface area contributed by atoms with Crippen LogP contribution < -0.4 is 5.32 Å². The Kier molecular flexibility index (Phi) is 5.52. The number of anilines is 1. The van der Waals surface area contributed by atoms with Gasteiger partial charge in [0.15, 0.2) is 0 Å². The number of para-hydroxylation sites is 1. The Morgan fingerprint density at radius 2 is 1.63 bits per heavy atom. The molecule has 1 aliphatic heterocycles. The molecule has 0 spiro atoms. The lowest BCUT2D eigenvalue weighted by Gasteiger charge is -2.26. The number of nitro benzene ring substituents is 1. The number of nitrogens with zero attached hydrogens (tertiary/aromatic N) is 2. The Balaban J connectivity index is 1.85. The molecule has 1 aliphatic rings. The molecule has 9 heteroatoms. The molecule has 27 heavy (non-hydrogen) atoms. The van der Waals surface area contributed by atoms with Crippen molar-refractivity contribution in [3.8, 4) is 0 Å². The third-order valence-corrected chi connectivity index (χ3v) is 6.37. The predicted octanol–water partition coefficient (Wildman–Crippen LogP) is 3.02. The van der Waals surface area contributed by atoms with Crippen LogP contribution in [0.2, 0.25) is 0 Å². The zero-order valence-corrected chi connectivity index (χ0v) is 15.3. The molecule has 0 radical (unpaired) electrons. The second-order valence-corrected chi connectivity index (χ2v) is 8.13. The molecule has 2 aromatic carbocycles. The third kappa shape index (κ3) is 4.15. The van der Waals surface area contributed by atoms with Crippen molar-refractivity contribution < 1.29 is 18.1 Å². The summed E-state index contributed by atoms with van der Waals surface area (Å²) in [5.41, 5.74) is 0.261. The largest absolute Gasteiger partial charge is 0.321 e. The Labute approximate surface area is 157 Å². The maximum atomic E-state index is 12.9. The highest BCUT2D eigenvalue weighted by molar-refractivity contribution is 7.89. The highest BCUT2D eigenvalue weighted by Gasteiger charge is 2.28. The predicted molar refractivity (Wildman–Crippen MR) is 100 cm³/mol. The molecule has 0 aliphatic carbocycles. The van der Waals surface area contributed by atoms with Gasteiger partial charge in [-0.25, -0.2) is 8.42 Å². The molecule has 0 unspecified atom stereocenters. The molecule has 1 N–H and O–H groups in total. The smallest absolute Gasteiger partial charge is 0.269 e. The van der Waals surface area contributed by atoms with Gasteiger partial charge in [-0.15, -0.1) is 0 Å².